The van der Waals surface area contributed by atoms with Crippen molar-refractivity contribution < 1.29 is 0 Å². The second-order valence-corrected chi connectivity index (χ2v) is 19.5. The summed E-state index contributed by atoms with van der Waals surface area (Å²) in [6.07, 6.45) is 6.86. The van der Waals surface area contributed by atoms with Crippen molar-refractivity contribution in [2.45, 2.75) is 43.4 Å². The van der Waals surface area contributed by atoms with Gasteiger partial charge in [0.1, 0.15) is 0 Å². The van der Waals surface area contributed by atoms with Gasteiger partial charge in [-0.05, 0) is 149 Å². The third-order valence-electron chi connectivity index (χ3n) is 15.9. The van der Waals surface area contributed by atoms with Crippen molar-refractivity contribution in [3.05, 3.63) is 274 Å². The first-order chi connectivity index (χ1) is 32.5. The fraction of sp³-hybridized carbons (Fsp3) is 0.108. The van der Waals surface area contributed by atoms with E-state index in [2.05, 4.69) is 237 Å². The third kappa shape index (κ3) is 5.06. The van der Waals surface area contributed by atoms with Crippen LogP contribution < -0.4 is 4.90 Å². The molecule has 0 N–H and O–H groups in total. The van der Waals surface area contributed by atoms with Gasteiger partial charge in [0.2, 0.25) is 0 Å². The normalized spacial score (nSPS) is 16.8. The van der Waals surface area contributed by atoms with E-state index in [0.717, 1.165) is 29.9 Å². The number of benzene rings is 9. The van der Waals surface area contributed by atoms with Crippen molar-refractivity contribution in [1.29, 1.82) is 0 Å². The zero-order chi connectivity index (χ0) is 43.7. The molecule has 0 heterocycles. The Morgan fingerprint density at radius 2 is 0.970 bits per heavy atom. The van der Waals surface area contributed by atoms with Gasteiger partial charge in [-0.3, -0.25) is 0 Å². The van der Waals surface area contributed by atoms with Gasteiger partial charge in [-0.1, -0.05) is 201 Å². The third-order valence-corrected chi connectivity index (χ3v) is 15.9. The largest absolute Gasteiger partial charge is 0.310 e. The quantitative estimate of drug-likeness (QED) is 0.167. The van der Waals surface area contributed by atoms with E-state index in [1.807, 2.05) is 0 Å². The molecule has 1 atom stereocenters. The lowest BCUT2D eigenvalue weighted by molar-refractivity contribution is 0.660. The minimum Gasteiger partial charge on any atom is -0.310 e. The highest BCUT2D eigenvalue weighted by atomic mass is 15.1. The first kappa shape index (κ1) is 37.6. The molecule has 1 unspecified atom stereocenters. The number of rotatable bonds is 5. The second kappa shape index (κ2) is 13.9. The summed E-state index contributed by atoms with van der Waals surface area (Å²) in [5, 5.41) is 0. The average molecular weight is 842 g/mol. The molecule has 0 saturated carbocycles. The monoisotopic (exact) mass is 841 g/mol. The van der Waals surface area contributed by atoms with Crippen LogP contribution in [0.3, 0.4) is 0 Å². The zero-order valence-corrected chi connectivity index (χ0v) is 37.2. The van der Waals surface area contributed by atoms with Crippen LogP contribution in [-0.2, 0) is 17.3 Å². The Morgan fingerprint density at radius 1 is 0.424 bits per heavy atom. The molecule has 0 fully saturated rings. The highest BCUT2D eigenvalue weighted by Gasteiger charge is 2.52. The molecule has 0 bridgehead atoms. The SMILES string of the molecule is CC1(C)c2ccccc2-c2ccc(N(c3ccc(C4=C5Cc6ccccc6C5CC=C4)cc3)c3cccc(-c4cccc5c4C4(c6ccccc6-c6ccccc64)c4ccccc4-5)c3)cc21. The van der Waals surface area contributed by atoms with Gasteiger partial charge in [0.25, 0.3) is 0 Å². The lowest BCUT2D eigenvalue weighted by atomic mass is 9.68. The smallest absolute Gasteiger partial charge is 0.0731 e. The van der Waals surface area contributed by atoms with Gasteiger partial charge in [0, 0.05) is 28.4 Å². The van der Waals surface area contributed by atoms with Crippen LogP contribution in [0.2, 0.25) is 0 Å². The maximum absolute atomic E-state index is 2.49. The number of allylic oxidation sites excluding steroid dienone is 4. The Labute approximate surface area is 387 Å². The van der Waals surface area contributed by atoms with E-state index >= 15 is 0 Å². The molecular weight excluding hydrogens is 795 g/mol. The van der Waals surface area contributed by atoms with Crippen LogP contribution >= 0.6 is 0 Å². The lowest BCUT2D eigenvalue weighted by Crippen LogP contribution is -2.26. The van der Waals surface area contributed by atoms with Crippen molar-refractivity contribution in [2.24, 2.45) is 0 Å². The van der Waals surface area contributed by atoms with E-state index in [-0.39, 0.29) is 5.41 Å². The minimum atomic E-state index is -0.440. The van der Waals surface area contributed by atoms with Gasteiger partial charge in [0.15, 0.2) is 0 Å². The first-order valence-corrected chi connectivity index (χ1v) is 23.7. The zero-order valence-electron chi connectivity index (χ0n) is 37.2. The molecule has 9 aromatic carbocycles. The first-order valence-electron chi connectivity index (χ1n) is 23.7. The fourth-order valence-electron chi connectivity index (χ4n) is 13.1. The van der Waals surface area contributed by atoms with Crippen molar-refractivity contribution >= 4 is 22.6 Å². The number of hydrogen-bond donors (Lipinski definition) is 0. The van der Waals surface area contributed by atoms with Gasteiger partial charge in [-0.2, -0.15) is 0 Å². The van der Waals surface area contributed by atoms with Crippen LogP contribution in [0.15, 0.2) is 224 Å². The molecule has 1 heteroatoms. The molecular formula is C65H47N. The predicted octanol–water partition coefficient (Wildman–Crippen LogP) is 16.5. The summed E-state index contributed by atoms with van der Waals surface area (Å²) in [5.74, 6) is 0.469. The van der Waals surface area contributed by atoms with Crippen LogP contribution in [0.1, 0.15) is 76.3 Å². The van der Waals surface area contributed by atoms with Crippen LogP contribution in [0.4, 0.5) is 17.1 Å². The van der Waals surface area contributed by atoms with Gasteiger partial charge in [-0.15, -0.1) is 0 Å². The van der Waals surface area contributed by atoms with Gasteiger partial charge >= 0.3 is 0 Å². The molecule has 0 amide bonds. The van der Waals surface area contributed by atoms with Crippen molar-refractivity contribution in [2.75, 3.05) is 4.90 Å². The van der Waals surface area contributed by atoms with Crippen LogP contribution in [0, 0.1) is 0 Å². The molecule has 9 aromatic rings. The molecule has 0 radical (unpaired) electrons. The molecule has 66 heavy (non-hydrogen) atoms. The maximum atomic E-state index is 2.49. The summed E-state index contributed by atoms with van der Waals surface area (Å²) < 4.78 is 0. The summed E-state index contributed by atoms with van der Waals surface area (Å²) in [7, 11) is 0. The molecule has 5 aliphatic carbocycles. The van der Waals surface area contributed by atoms with E-state index in [4.69, 9.17) is 0 Å². The van der Waals surface area contributed by atoms with Gasteiger partial charge in [0.05, 0.1) is 5.41 Å². The summed E-state index contributed by atoms with van der Waals surface area (Å²) >= 11 is 0. The summed E-state index contributed by atoms with van der Waals surface area (Å²) in [6.45, 7) is 4.76. The number of nitrogens with zero attached hydrogens (tertiary/aromatic N) is 1. The van der Waals surface area contributed by atoms with Crippen LogP contribution in [0.25, 0.3) is 50.1 Å². The molecule has 1 nitrogen and oxygen atoms in total. The van der Waals surface area contributed by atoms with E-state index in [1.54, 1.807) is 5.57 Å². The number of hydrogen-bond acceptors (Lipinski definition) is 1. The Hall–Kier alpha value is -7.74. The molecule has 1 spiro atoms. The fourth-order valence-corrected chi connectivity index (χ4v) is 13.1. The van der Waals surface area contributed by atoms with Gasteiger partial charge < -0.3 is 4.90 Å². The second-order valence-electron chi connectivity index (χ2n) is 19.5. The molecule has 14 rings (SSSR count). The molecule has 0 saturated heterocycles. The number of anilines is 3. The van der Waals surface area contributed by atoms with E-state index in [1.165, 1.54) is 100 Å². The van der Waals surface area contributed by atoms with Crippen LogP contribution in [0.5, 0.6) is 0 Å². The Kier molecular flexibility index (Phi) is 7.91. The summed E-state index contributed by atoms with van der Waals surface area (Å²) in [5.41, 5.74) is 28.7. The van der Waals surface area contributed by atoms with E-state index in [0.29, 0.717) is 5.92 Å². The Balaban J connectivity index is 0.949. The number of fused-ring (bicyclic) bond motifs is 16. The highest BCUT2D eigenvalue weighted by Crippen LogP contribution is 2.64. The molecule has 5 aliphatic rings. The summed E-state index contributed by atoms with van der Waals surface area (Å²) in [4.78, 5) is 2.49. The average Bonchev–Trinajstić information content (AvgIpc) is 4.07. The van der Waals surface area contributed by atoms with E-state index in [9.17, 15) is 0 Å². The Bertz CT molecular complexity index is 3510. The molecule has 0 aromatic heterocycles. The summed E-state index contributed by atoms with van der Waals surface area (Å²) in [6, 6.07) is 78.2. The highest BCUT2D eigenvalue weighted by molar-refractivity contribution is 5.99. The molecule has 312 valence electrons. The van der Waals surface area contributed by atoms with Crippen molar-refractivity contribution in [1.82, 2.24) is 0 Å². The predicted molar refractivity (Wildman–Crippen MR) is 274 cm³/mol. The topological polar surface area (TPSA) is 3.24 Å². The molecule has 0 aliphatic heterocycles. The maximum Gasteiger partial charge on any atom is 0.0731 e. The van der Waals surface area contributed by atoms with Crippen molar-refractivity contribution in [3.63, 3.8) is 0 Å². The standard InChI is InChI=1S/C65H47N/c1-64(2)58-28-9-5-20-51(58)55-37-36-46(40-62(55)64)66(44-34-32-41(33-35-44)47-24-14-26-50-48-19-4-3-16-43(48)39-57(47)50)45-18-13-17-42(38-45)49-25-15-27-56-54-23-8-12-31-61(54)65(63(49)56)59-29-10-6-21-52(59)53-22-7-11-30-60(53)65/h3-25,27-38,40,50H,26,39H2,1-2H3. The van der Waals surface area contributed by atoms with Gasteiger partial charge in [-0.25, -0.2) is 0 Å². The van der Waals surface area contributed by atoms with Crippen molar-refractivity contribution in [3.8, 4) is 44.5 Å². The van der Waals surface area contributed by atoms with E-state index < -0.39 is 5.41 Å². The lowest BCUT2D eigenvalue weighted by Gasteiger charge is -2.32. The minimum absolute atomic E-state index is 0.127. The van der Waals surface area contributed by atoms with Crippen LogP contribution in [-0.4, -0.2) is 0 Å². The Morgan fingerprint density at radius 3 is 1.70 bits per heavy atom.